The molecule has 4 heteroatoms. The molecule has 0 aliphatic heterocycles. The third kappa shape index (κ3) is 3.98. The van der Waals surface area contributed by atoms with Gasteiger partial charge in [-0.3, -0.25) is 4.79 Å². The molecule has 0 heterocycles. The van der Waals surface area contributed by atoms with Crippen molar-refractivity contribution in [1.82, 2.24) is 0 Å². The van der Waals surface area contributed by atoms with Crippen molar-refractivity contribution in [2.24, 2.45) is 0 Å². The number of hydrogen-bond donors (Lipinski definition) is 0. The van der Waals surface area contributed by atoms with Gasteiger partial charge in [0.05, 0.1) is 12.7 Å². The Kier molecular flexibility index (Phi) is 5.13. The maximum absolute atomic E-state index is 12.3. The van der Waals surface area contributed by atoms with Crippen LogP contribution in [0.25, 0.3) is 11.1 Å². The Hall–Kier alpha value is -3.40. The minimum absolute atomic E-state index is 0.0315. The van der Waals surface area contributed by atoms with Gasteiger partial charge in [0, 0.05) is 5.56 Å². The Balaban J connectivity index is 1.73. The summed E-state index contributed by atoms with van der Waals surface area (Å²) in [6.07, 6.45) is 0. The van der Waals surface area contributed by atoms with E-state index in [1.165, 1.54) is 6.92 Å². The van der Waals surface area contributed by atoms with Gasteiger partial charge in [0.15, 0.2) is 5.78 Å². The zero-order chi connectivity index (χ0) is 18.5. The van der Waals surface area contributed by atoms with Gasteiger partial charge in [-0.15, -0.1) is 0 Å². The average molecular weight is 346 g/mol. The van der Waals surface area contributed by atoms with E-state index in [9.17, 15) is 9.59 Å². The van der Waals surface area contributed by atoms with Crippen molar-refractivity contribution in [2.75, 3.05) is 7.11 Å². The second-order valence-corrected chi connectivity index (χ2v) is 5.78. The maximum Gasteiger partial charge on any atom is 0.343 e. The first-order chi connectivity index (χ1) is 12.6. The molecular formula is C22H18O4. The van der Waals surface area contributed by atoms with Crippen LogP contribution in [0.2, 0.25) is 0 Å². The normalized spacial score (nSPS) is 10.2. The summed E-state index contributed by atoms with van der Waals surface area (Å²) < 4.78 is 10.6. The Bertz CT molecular complexity index is 925. The van der Waals surface area contributed by atoms with E-state index in [1.807, 2.05) is 36.4 Å². The molecule has 3 aromatic carbocycles. The van der Waals surface area contributed by atoms with Gasteiger partial charge in [-0.2, -0.15) is 0 Å². The van der Waals surface area contributed by atoms with Crippen LogP contribution in [-0.4, -0.2) is 18.9 Å². The van der Waals surface area contributed by atoms with Crippen LogP contribution in [0.4, 0.5) is 0 Å². The number of carbonyl (C=O) groups is 2. The number of Topliss-reactive ketones (excluding diaryl/α,β-unsaturated/α-hetero) is 1. The summed E-state index contributed by atoms with van der Waals surface area (Å²) in [6, 6.07) is 21.4. The molecule has 130 valence electrons. The van der Waals surface area contributed by atoms with Crippen LogP contribution in [0.5, 0.6) is 11.5 Å². The Morgan fingerprint density at radius 2 is 1.38 bits per heavy atom. The van der Waals surface area contributed by atoms with Crippen molar-refractivity contribution < 1.29 is 19.1 Å². The summed E-state index contributed by atoms with van der Waals surface area (Å²) in [5, 5.41) is 0. The molecule has 0 aromatic heterocycles. The van der Waals surface area contributed by atoms with E-state index in [0.29, 0.717) is 16.9 Å². The molecule has 0 saturated carbocycles. The first kappa shape index (κ1) is 17.4. The van der Waals surface area contributed by atoms with E-state index in [2.05, 4.69) is 0 Å². The maximum atomic E-state index is 12.3. The molecule has 0 bridgehead atoms. The van der Waals surface area contributed by atoms with Gasteiger partial charge in [0.25, 0.3) is 0 Å². The van der Waals surface area contributed by atoms with Crippen LogP contribution < -0.4 is 9.47 Å². The molecule has 0 saturated heterocycles. The van der Waals surface area contributed by atoms with Gasteiger partial charge in [0.2, 0.25) is 0 Å². The van der Waals surface area contributed by atoms with E-state index in [1.54, 1.807) is 43.5 Å². The van der Waals surface area contributed by atoms with Crippen molar-refractivity contribution in [3.8, 4) is 22.6 Å². The molecule has 0 unspecified atom stereocenters. The van der Waals surface area contributed by atoms with Crippen LogP contribution >= 0.6 is 0 Å². The van der Waals surface area contributed by atoms with Crippen molar-refractivity contribution >= 4 is 11.8 Å². The molecule has 26 heavy (non-hydrogen) atoms. The Morgan fingerprint density at radius 1 is 0.731 bits per heavy atom. The van der Waals surface area contributed by atoms with Gasteiger partial charge in [-0.05, 0) is 66.6 Å². The first-order valence-corrected chi connectivity index (χ1v) is 8.14. The average Bonchev–Trinajstić information content (AvgIpc) is 2.68. The molecule has 3 aromatic rings. The predicted octanol–water partition coefficient (Wildman–Crippen LogP) is 4.78. The molecule has 3 rings (SSSR count). The van der Waals surface area contributed by atoms with Crippen molar-refractivity contribution in [1.29, 1.82) is 0 Å². The van der Waals surface area contributed by atoms with E-state index < -0.39 is 5.97 Å². The van der Waals surface area contributed by atoms with Crippen molar-refractivity contribution in [2.45, 2.75) is 6.92 Å². The molecule has 4 nitrogen and oxygen atoms in total. The molecule has 0 N–H and O–H groups in total. The molecule has 0 radical (unpaired) electrons. The Labute approximate surface area is 152 Å². The lowest BCUT2D eigenvalue weighted by atomic mass is 10.0. The lowest BCUT2D eigenvalue weighted by molar-refractivity contribution is 0.0734. The number of rotatable bonds is 5. The van der Waals surface area contributed by atoms with Gasteiger partial charge >= 0.3 is 5.97 Å². The number of benzene rings is 3. The van der Waals surface area contributed by atoms with Crippen molar-refractivity contribution in [3.05, 3.63) is 83.9 Å². The number of ketones is 1. The fourth-order valence-corrected chi connectivity index (χ4v) is 2.53. The van der Waals surface area contributed by atoms with E-state index in [0.717, 1.165) is 16.9 Å². The van der Waals surface area contributed by atoms with Crippen LogP contribution in [0.3, 0.4) is 0 Å². The van der Waals surface area contributed by atoms with Crippen LogP contribution in [0.15, 0.2) is 72.8 Å². The number of methoxy groups -OCH3 is 1. The highest BCUT2D eigenvalue weighted by Crippen LogP contribution is 2.24. The highest BCUT2D eigenvalue weighted by molar-refractivity contribution is 5.94. The lowest BCUT2D eigenvalue weighted by Crippen LogP contribution is -2.08. The standard InChI is InChI=1S/C22H18O4/c1-15(23)16-10-12-20(13-11-16)26-22(24)18-8-6-17(7-9-18)19-4-3-5-21(14-19)25-2/h3-14H,1-2H3. The van der Waals surface area contributed by atoms with Crippen molar-refractivity contribution in [3.63, 3.8) is 0 Å². The predicted molar refractivity (Wildman–Crippen MR) is 99.8 cm³/mol. The quantitative estimate of drug-likeness (QED) is 0.379. The first-order valence-electron chi connectivity index (χ1n) is 8.14. The van der Waals surface area contributed by atoms with Gasteiger partial charge < -0.3 is 9.47 Å². The molecule has 0 amide bonds. The minimum Gasteiger partial charge on any atom is -0.497 e. The van der Waals surface area contributed by atoms with E-state index >= 15 is 0 Å². The van der Waals surface area contributed by atoms with E-state index in [4.69, 9.17) is 9.47 Å². The SMILES string of the molecule is COc1cccc(-c2ccc(C(=O)Oc3ccc(C(C)=O)cc3)cc2)c1. The van der Waals surface area contributed by atoms with Crippen LogP contribution in [0.1, 0.15) is 27.6 Å². The zero-order valence-corrected chi connectivity index (χ0v) is 14.6. The number of hydrogen-bond acceptors (Lipinski definition) is 4. The summed E-state index contributed by atoms with van der Waals surface area (Å²) >= 11 is 0. The third-order valence-corrected chi connectivity index (χ3v) is 4.00. The molecule has 0 fully saturated rings. The highest BCUT2D eigenvalue weighted by atomic mass is 16.5. The largest absolute Gasteiger partial charge is 0.497 e. The fraction of sp³-hybridized carbons (Fsp3) is 0.0909. The monoisotopic (exact) mass is 346 g/mol. The van der Waals surface area contributed by atoms with Gasteiger partial charge in [0.1, 0.15) is 11.5 Å². The van der Waals surface area contributed by atoms with Crippen LogP contribution in [0, 0.1) is 0 Å². The molecule has 0 aliphatic rings. The van der Waals surface area contributed by atoms with Gasteiger partial charge in [-0.1, -0.05) is 24.3 Å². The zero-order valence-electron chi connectivity index (χ0n) is 14.6. The second-order valence-electron chi connectivity index (χ2n) is 5.78. The summed E-state index contributed by atoms with van der Waals surface area (Å²) in [4.78, 5) is 23.5. The molecule has 0 aliphatic carbocycles. The highest BCUT2D eigenvalue weighted by Gasteiger charge is 2.10. The van der Waals surface area contributed by atoms with Gasteiger partial charge in [-0.25, -0.2) is 4.79 Å². The topological polar surface area (TPSA) is 52.6 Å². The minimum atomic E-state index is -0.447. The molecular weight excluding hydrogens is 328 g/mol. The summed E-state index contributed by atoms with van der Waals surface area (Å²) in [5.74, 6) is 0.700. The smallest absolute Gasteiger partial charge is 0.343 e. The lowest BCUT2D eigenvalue weighted by Gasteiger charge is -2.07. The summed E-state index contributed by atoms with van der Waals surface area (Å²) in [5.41, 5.74) is 3.01. The van der Waals surface area contributed by atoms with E-state index in [-0.39, 0.29) is 5.78 Å². The van der Waals surface area contributed by atoms with Crippen LogP contribution in [-0.2, 0) is 0 Å². The Morgan fingerprint density at radius 3 is 2.00 bits per heavy atom. The summed E-state index contributed by atoms with van der Waals surface area (Å²) in [6.45, 7) is 1.49. The summed E-state index contributed by atoms with van der Waals surface area (Å²) in [7, 11) is 1.63. The fourth-order valence-electron chi connectivity index (χ4n) is 2.53. The number of ether oxygens (including phenoxy) is 2. The molecule has 0 atom stereocenters. The third-order valence-electron chi connectivity index (χ3n) is 4.00. The second kappa shape index (κ2) is 7.66. The number of carbonyl (C=O) groups excluding carboxylic acids is 2. The number of esters is 1. The molecule has 0 spiro atoms.